The average Bonchev–Trinajstić information content (AvgIpc) is 3.45. The Morgan fingerprint density at radius 3 is 2.55 bits per heavy atom. The lowest BCUT2D eigenvalue weighted by Crippen LogP contribution is -2.26. The highest BCUT2D eigenvalue weighted by Gasteiger charge is 2.18. The van der Waals surface area contributed by atoms with Gasteiger partial charge in [-0.05, 0) is 71.0 Å². The lowest BCUT2D eigenvalue weighted by molar-refractivity contribution is -0.138. The van der Waals surface area contributed by atoms with Crippen LogP contribution in [0.3, 0.4) is 0 Å². The smallest absolute Gasteiger partial charge is 0.293 e. The number of carbonyl (C=O) groups is 1. The van der Waals surface area contributed by atoms with E-state index < -0.39 is 0 Å². The Kier molecular flexibility index (Phi) is 8.13. The summed E-state index contributed by atoms with van der Waals surface area (Å²) in [5.74, 6) is 1.43. The molecule has 1 aliphatic heterocycles. The van der Waals surface area contributed by atoms with Crippen molar-refractivity contribution >= 4 is 17.8 Å². The van der Waals surface area contributed by atoms with E-state index in [9.17, 15) is 4.79 Å². The van der Waals surface area contributed by atoms with E-state index in [1.165, 1.54) is 24.2 Å². The molecular weight excluding hydrogens is 414 g/mol. The predicted molar refractivity (Wildman–Crippen MR) is 120 cm³/mol. The van der Waals surface area contributed by atoms with Crippen LogP contribution in [0.25, 0.3) is 5.69 Å². The molecular formula is C22H29N5O3S. The van der Waals surface area contributed by atoms with Gasteiger partial charge >= 0.3 is 0 Å². The van der Waals surface area contributed by atoms with Crippen LogP contribution < -0.4 is 10.1 Å². The van der Waals surface area contributed by atoms with Gasteiger partial charge in [-0.15, -0.1) is 11.3 Å². The van der Waals surface area contributed by atoms with Crippen molar-refractivity contribution in [3.05, 3.63) is 53.0 Å². The number of nitrogens with zero attached hydrogens (tertiary/aromatic N) is 4. The third-order valence-electron chi connectivity index (χ3n) is 4.57. The maximum Gasteiger partial charge on any atom is 0.293 e. The molecule has 0 atom stereocenters. The van der Waals surface area contributed by atoms with Crippen molar-refractivity contribution in [1.29, 1.82) is 0 Å². The molecule has 2 aromatic heterocycles. The van der Waals surface area contributed by atoms with Crippen LogP contribution in [0, 0.1) is 0 Å². The second kappa shape index (κ2) is 11.0. The Balaban J connectivity index is 0.000000339. The normalized spacial score (nSPS) is 14.4. The Morgan fingerprint density at radius 2 is 1.97 bits per heavy atom. The van der Waals surface area contributed by atoms with Gasteiger partial charge in [0.15, 0.2) is 0 Å². The molecule has 1 saturated heterocycles. The maximum absolute atomic E-state index is 9.60. The molecule has 3 aromatic rings. The van der Waals surface area contributed by atoms with Gasteiger partial charge in [0.25, 0.3) is 6.47 Å². The van der Waals surface area contributed by atoms with Crippen LogP contribution in [0.15, 0.2) is 42.3 Å². The monoisotopic (exact) mass is 443 g/mol. The summed E-state index contributed by atoms with van der Waals surface area (Å²) >= 11 is 1.75. The van der Waals surface area contributed by atoms with Crippen LogP contribution in [-0.2, 0) is 16.1 Å². The number of nitrogens with one attached hydrogen (secondary N) is 1. The van der Waals surface area contributed by atoms with Gasteiger partial charge in [-0.25, -0.2) is 14.6 Å². The minimum absolute atomic E-state index is 0.318. The molecule has 0 saturated carbocycles. The molecule has 1 aromatic carbocycles. The summed E-state index contributed by atoms with van der Waals surface area (Å²) in [6.07, 6.45) is 5.55. The Hall–Kier alpha value is -2.78. The summed E-state index contributed by atoms with van der Waals surface area (Å²) in [5.41, 5.74) is 1.65. The van der Waals surface area contributed by atoms with Gasteiger partial charge < -0.3 is 14.8 Å². The number of piperidine rings is 1. The number of thiazole rings is 1. The first kappa shape index (κ1) is 22.9. The van der Waals surface area contributed by atoms with Crippen molar-refractivity contribution in [2.75, 3.05) is 13.1 Å². The first-order valence-corrected chi connectivity index (χ1v) is 11.2. The van der Waals surface area contributed by atoms with Crippen LogP contribution in [-0.4, -0.2) is 44.9 Å². The number of carbonyl (C=O) groups excluding carboxylic acids is 1. The second-order valence-electron chi connectivity index (χ2n) is 8.15. The summed E-state index contributed by atoms with van der Waals surface area (Å²) in [7, 11) is 0. The van der Waals surface area contributed by atoms with Crippen LogP contribution in [0.2, 0.25) is 0 Å². The van der Waals surface area contributed by atoms with E-state index in [4.69, 9.17) is 9.72 Å². The number of benzene rings is 1. The van der Waals surface area contributed by atoms with Crippen molar-refractivity contribution < 1.29 is 14.3 Å². The first-order chi connectivity index (χ1) is 14.9. The zero-order chi connectivity index (χ0) is 22.1. The van der Waals surface area contributed by atoms with Gasteiger partial charge in [0.1, 0.15) is 30.6 Å². The molecule has 0 bridgehead atoms. The van der Waals surface area contributed by atoms with Gasteiger partial charge in [-0.2, -0.15) is 5.10 Å². The zero-order valence-electron chi connectivity index (χ0n) is 18.2. The van der Waals surface area contributed by atoms with E-state index in [1.807, 2.05) is 45.0 Å². The van der Waals surface area contributed by atoms with Gasteiger partial charge in [0.2, 0.25) is 0 Å². The molecule has 1 fully saturated rings. The quantitative estimate of drug-likeness (QED) is 0.581. The van der Waals surface area contributed by atoms with Crippen LogP contribution in [0.1, 0.15) is 50.2 Å². The van der Waals surface area contributed by atoms with Gasteiger partial charge in [-0.3, -0.25) is 4.79 Å². The molecule has 0 spiro atoms. The van der Waals surface area contributed by atoms with Gasteiger partial charge in [-0.1, -0.05) is 0 Å². The molecule has 1 aliphatic rings. The number of hydrogen-bond donors (Lipinski definition) is 1. The minimum atomic E-state index is -0.318. The Morgan fingerprint density at radius 1 is 1.23 bits per heavy atom. The van der Waals surface area contributed by atoms with E-state index >= 15 is 0 Å². The predicted octanol–water partition coefficient (Wildman–Crippen LogP) is 3.73. The van der Waals surface area contributed by atoms with Crippen LogP contribution in [0.4, 0.5) is 0 Å². The van der Waals surface area contributed by atoms with Gasteiger partial charge in [0, 0.05) is 11.3 Å². The fourth-order valence-electron chi connectivity index (χ4n) is 2.98. The second-order valence-corrected chi connectivity index (χ2v) is 9.04. The molecule has 1 N–H and O–H groups in total. The summed E-state index contributed by atoms with van der Waals surface area (Å²) < 4.78 is 12.1. The first-order valence-electron chi connectivity index (χ1n) is 10.3. The minimum Gasteiger partial charge on any atom is -0.487 e. The average molecular weight is 444 g/mol. The van der Waals surface area contributed by atoms with E-state index in [2.05, 4.69) is 25.5 Å². The Labute approximate surface area is 186 Å². The van der Waals surface area contributed by atoms with Crippen LogP contribution >= 0.6 is 11.3 Å². The Bertz CT molecular complexity index is 914. The highest BCUT2D eigenvalue weighted by atomic mass is 32.1. The van der Waals surface area contributed by atoms with E-state index in [0.717, 1.165) is 30.2 Å². The number of aromatic nitrogens is 4. The molecule has 31 heavy (non-hydrogen) atoms. The molecule has 8 nitrogen and oxygen atoms in total. The van der Waals surface area contributed by atoms with Crippen molar-refractivity contribution in [3.8, 4) is 11.4 Å². The molecule has 0 unspecified atom stereocenters. The summed E-state index contributed by atoms with van der Waals surface area (Å²) in [6.45, 7) is 8.61. The molecule has 0 radical (unpaired) electrons. The standard InChI is InChI=1S/C17H19N5OS.C5H10O2/c1-3-16(4-2-15(1)22-12-19-11-20-22)23-9-14-10-24-17(21-14)13-5-7-18-8-6-13;1-5(2,3)7-4-6/h1-4,10-13,18H,5-9H2;4H,1-3H3. The van der Waals surface area contributed by atoms with Crippen molar-refractivity contribution in [1.82, 2.24) is 25.1 Å². The fraction of sp³-hybridized carbons (Fsp3) is 0.455. The number of ether oxygens (including phenoxy) is 2. The lowest BCUT2D eigenvalue weighted by Gasteiger charge is -2.20. The molecule has 0 aliphatic carbocycles. The van der Waals surface area contributed by atoms with E-state index in [-0.39, 0.29) is 5.60 Å². The van der Waals surface area contributed by atoms with E-state index in [0.29, 0.717) is 19.0 Å². The largest absolute Gasteiger partial charge is 0.487 e. The molecule has 3 heterocycles. The molecule has 4 rings (SSSR count). The third kappa shape index (κ3) is 7.45. The topological polar surface area (TPSA) is 91.2 Å². The van der Waals surface area contributed by atoms with Crippen molar-refractivity contribution in [3.63, 3.8) is 0 Å². The van der Waals surface area contributed by atoms with Crippen molar-refractivity contribution in [2.24, 2.45) is 0 Å². The summed E-state index contributed by atoms with van der Waals surface area (Å²) in [5, 5.41) is 10.9. The van der Waals surface area contributed by atoms with E-state index in [1.54, 1.807) is 22.3 Å². The molecule has 0 amide bonds. The molecule has 9 heteroatoms. The van der Waals surface area contributed by atoms with Crippen molar-refractivity contribution in [2.45, 2.75) is 51.7 Å². The molecule has 166 valence electrons. The van der Waals surface area contributed by atoms with Gasteiger partial charge in [0.05, 0.1) is 16.4 Å². The lowest BCUT2D eigenvalue weighted by atomic mass is 9.99. The third-order valence-corrected chi connectivity index (χ3v) is 5.62. The highest BCUT2D eigenvalue weighted by Crippen LogP contribution is 2.28. The highest BCUT2D eigenvalue weighted by molar-refractivity contribution is 7.09. The SMILES string of the molecule is CC(C)(C)OC=O.c1ncn(-c2ccc(OCc3csc(C4CCNCC4)n3)cc2)n1. The van der Waals surface area contributed by atoms with Crippen LogP contribution in [0.5, 0.6) is 5.75 Å². The summed E-state index contributed by atoms with van der Waals surface area (Å²) in [4.78, 5) is 18.3. The zero-order valence-corrected chi connectivity index (χ0v) is 19.0. The fourth-order valence-corrected chi connectivity index (χ4v) is 3.96. The maximum atomic E-state index is 9.60. The summed E-state index contributed by atoms with van der Waals surface area (Å²) in [6, 6.07) is 7.81. The number of rotatable bonds is 6. The number of hydrogen-bond acceptors (Lipinski definition) is 8.